The lowest BCUT2D eigenvalue weighted by atomic mass is 10.0. The quantitative estimate of drug-likeness (QED) is 0.372. The molecule has 1 aliphatic rings. The first-order valence-electron chi connectivity index (χ1n) is 10.1. The van der Waals surface area contributed by atoms with Crippen LogP contribution in [-0.2, 0) is 4.74 Å². The molecule has 4 rings (SSSR count). The van der Waals surface area contributed by atoms with Crippen molar-refractivity contribution < 1.29 is 36.2 Å². The maximum atomic E-state index is 14.1. The summed E-state index contributed by atoms with van der Waals surface area (Å²) in [5, 5.41) is 13.5. The van der Waals surface area contributed by atoms with E-state index in [1.54, 1.807) is 6.07 Å². The van der Waals surface area contributed by atoms with E-state index in [9.17, 15) is 22.4 Å². The highest BCUT2D eigenvalue weighted by atomic mass is 35.5. The van der Waals surface area contributed by atoms with Crippen LogP contribution >= 0.6 is 11.6 Å². The predicted octanol–water partition coefficient (Wildman–Crippen LogP) is 3.55. The summed E-state index contributed by atoms with van der Waals surface area (Å²) in [5.74, 6) is -0.848. The molecule has 2 aromatic heterocycles. The van der Waals surface area contributed by atoms with Gasteiger partial charge in [0, 0.05) is 18.8 Å². The van der Waals surface area contributed by atoms with Crippen LogP contribution in [0.2, 0.25) is 5.02 Å². The number of aromatic nitrogens is 3. The first-order valence-corrected chi connectivity index (χ1v) is 10.5. The number of pyridine rings is 1. The lowest BCUT2D eigenvalue weighted by molar-refractivity contribution is -0.325. The second-order valence-corrected chi connectivity index (χ2v) is 7.76. The van der Waals surface area contributed by atoms with Crippen molar-refractivity contribution in [2.75, 3.05) is 19.8 Å². The van der Waals surface area contributed by atoms with Crippen LogP contribution in [-0.4, -0.2) is 53.3 Å². The van der Waals surface area contributed by atoms with Crippen molar-refractivity contribution in [1.82, 2.24) is 25.8 Å². The normalized spacial score (nSPS) is 18.7. The number of hydrogen-bond donors (Lipinski definition) is 2. The first kappa shape index (κ1) is 24.1. The number of nitrogens with zero attached hydrogens (tertiary/aromatic N) is 3. The predicted molar refractivity (Wildman–Crippen MR) is 110 cm³/mol. The smallest absolute Gasteiger partial charge is 0.447 e. The Labute approximate surface area is 194 Å². The van der Waals surface area contributed by atoms with Gasteiger partial charge in [-0.15, -0.1) is 18.3 Å². The molecule has 34 heavy (non-hydrogen) atoms. The summed E-state index contributed by atoms with van der Waals surface area (Å²) in [6, 6.07) is 3.76. The summed E-state index contributed by atoms with van der Waals surface area (Å²) in [4.78, 5) is 16.8. The molecule has 1 fully saturated rings. The third-order valence-corrected chi connectivity index (χ3v) is 5.46. The Hall–Kier alpha value is -3.03. The monoisotopic (exact) mass is 503 g/mol. The van der Waals surface area contributed by atoms with Crippen molar-refractivity contribution >= 4 is 28.4 Å². The zero-order chi connectivity index (χ0) is 24.3. The van der Waals surface area contributed by atoms with Crippen LogP contribution in [0.5, 0.6) is 6.08 Å². The fraction of sp³-hybridized carbons (Fsp3) is 0.400. The van der Waals surface area contributed by atoms with E-state index in [1.807, 2.05) is 0 Å². The lowest BCUT2D eigenvalue weighted by Gasteiger charge is -2.28. The zero-order valence-electron chi connectivity index (χ0n) is 17.4. The minimum Gasteiger partial charge on any atom is -0.447 e. The van der Waals surface area contributed by atoms with Gasteiger partial charge in [0.2, 0.25) is 5.89 Å². The number of nitrogens with one attached hydrogen (secondary N) is 2. The summed E-state index contributed by atoms with van der Waals surface area (Å²) < 4.78 is 63.8. The molecule has 0 unspecified atom stereocenters. The number of alkyl halides is 3. The van der Waals surface area contributed by atoms with Gasteiger partial charge in [-0.3, -0.25) is 14.5 Å². The molecule has 3 aromatic rings. The van der Waals surface area contributed by atoms with E-state index in [-0.39, 0.29) is 40.0 Å². The molecule has 2 N–H and O–H groups in total. The van der Waals surface area contributed by atoms with Crippen LogP contribution in [0.3, 0.4) is 0 Å². The summed E-state index contributed by atoms with van der Waals surface area (Å²) in [5.41, 5.74) is 0.411. The highest BCUT2D eigenvalue weighted by molar-refractivity contribution is 6.38. The molecule has 0 saturated carbocycles. The van der Waals surface area contributed by atoms with E-state index < -0.39 is 31.3 Å². The standard InChI is InChI=1S/C20H18ClF4N5O4/c21-16-11(9-27-13-3-1-2-12(22)15(13)16)17(31)28-10-4-5-14(26-8-10)18-29-30-19(34-18)32-6-7-33-20(23,24)25/h1-3,9-10,14,26H,4-8H2,(H,28,31)/t10-,14+/m0/s1. The Balaban J connectivity index is 1.29. The molecule has 0 spiro atoms. The van der Waals surface area contributed by atoms with Gasteiger partial charge in [0.25, 0.3) is 5.91 Å². The molecule has 2 atom stereocenters. The maximum Gasteiger partial charge on any atom is 0.522 e. The van der Waals surface area contributed by atoms with Gasteiger partial charge < -0.3 is 19.8 Å². The number of rotatable bonds is 7. The molecular formula is C20H18ClF4N5O4. The van der Waals surface area contributed by atoms with Crippen LogP contribution in [0.4, 0.5) is 17.6 Å². The van der Waals surface area contributed by atoms with Crippen LogP contribution in [0, 0.1) is 5.82 Å². The third kappa shape index (κ3) is 5.72. The highest BCUT2D eigenvalue weighted by Gasteiger charge is 2.30. The second-order valence-electron chi connectivity index (χ2n) is 7.38. The molecule has 9 nitrogen and oxygen atoms in total. The van der Waals surface area contributed by atoms with Gasteiger partial charge >= 0.3 is 12.4 Å². The number of carbonyl (C=O) groups excluding carboxylic acids is 1. The molecule has 1 aliphatic heterocycles. The number of carbonyl (C=O) groups is 1. The van der Waals surface area contributed by atoms with E-state index in [2.05, 4.69) is 30.6 Å². The molecule has 14 heteroatoms. The maximum absolute atomic E-state index is 14.1. The average Bonchev–Trinajstić information content (AvgIpc) is 3.26. The van der Waals surface area contributed by atoms with E-state index >= 15 is 0 Å². The fourth-order valence-corrected chi connectivity index (χ4v) is 3.80. The van der Waals surface area contributed by atoms with Crippen molar-refractivity contribution in [3.05, 3.63) is 46.7 Å². The second kappa shape index (κ2) is 10.1. The van der Waals surface area contributed by atoms with Gasteiger partial charge in [-0.05, 0) is 25.0 Å². The molecule has 0 aliphatic carbocycles. The topological polar surface area (TPSA) is 111 Å². The number of piperidine rings is 1. The van der Waals surface area contributed by atoms with Gasteiger partial charge in [-0.25, -0.2) is 4.39 Å². The van der Waals surface area contributed by atoms with Crippen LogP contribution in [0.25, 0.3) is 10.9 Å². The van der Waals surface area contributed by atoms with Gasteiger partial charge in [0.05, 0.1) is 34.1 Å². The van der Waals surface area contributed by atoms with Crippen LogP contribution in [0.1, 0.15) is 35.1 Å². The average molecular weight is 504 g/mol. The Kier molecular flexibility index (Phi) is 7.14. The van der Waals surface area contributed by atoms with Crippen molar-refractivity contribution in [3.63, 3.8) is 0 Å². The molecule has 1 amide bonds. The van der Waals surface area contributed by atoms with Gasteiger partial charge in [0.15, 0.2) is 0 Å². The van der Waals surface area contributed by atoms with Crippen molar-refractivity contribution in [2.45, 2.75) is 31.3 Å². The SMILES string of the molecule is O=C(N[C@H]1CC[C@H](c2nnc(OCCOC(F)(F)F)o2)NC1)c1cnc2cccc(F)c2c1Cl. The van der Waals surface area contributed by atoms with E-state index in [0.29, 0.717) is 24.9 Å². The summed E-state index contributed by atoms with van der Waals surface area (Å²) in [7, 11) is 0. The van der Waals surface area contributed by atoms with Crippen molar-refractivity contribution in [2.24, 2.45) is 0 Å². The molecular weight excluding hydrogens is 486 g/mol. The number of amides is 1. The first-order chi connectivity index (χ1) is 16.2. The zero-order valence-corrected chi connectivity index (χ0v) is 18.1. The van der Waals surface area contributed by atoms with Crippen molar-refractivity contribution in [1.29, 1.82) is 0 Å². The summed E-state index contributed by atoms with van der Waals surface area (Å²) in [6.45, 7) is -0.765. The lowest BCUT2D eigenvalue weighted by Crippen LogP contribution is -2.46. The van der Waals surface area contributed by atoms with E-state index in [0.717, 1.165) is 0 Å². The number of benzene rings is 1. The van der Waals surface area contributed by atoms with Gasteiger partial charge in [0.1, 0.15) is 12.4 Å². The van der Waals surface area contributed by atoms with Gasteiger partial charge in [-0.2, -0.15) is 0 Å². The fourth-order valence-electron chi connectivity index (χ4n) is 3.48. The van der Waals surface area contributed by atoms with Crippen LogP contribution < -0.4 is 15.4 Å². The Morgan fingerprint density at radius 3 is 2.82 bits per heavy atom. The minimum atomic E-state index is -4.74. The number of hydrogen-bond acceptors (Lipinski definition) is 8. The largest absolute Gasteiger partial charge is 0.522 e. The molecule has 3 heterocycles. The number of fused-ring (bicyclic) bond motifs is 1. The highest BCUT2D eigenvalue weighted by Crippen LogP contribution is 2.29. The Morgan fingerprint density at radius 1 is 1.26 bits per heavy atom. The number of halogens is 5. The summed E-state index contributed by atoms with van der Waals surface area (Å²) >= 11 is 6.27. The van der Waals surface area contributed by atoms with E-state index in [4.69, 9.17) is 20.8 Å². The Morgan fingerprint density at radius 2 is 2.09 bits per heavy atom. The van der Waals surface area contributed by atoms with E-state index in [1.165, 1.54) is 18.3 Å². The van der Waals surface area contributed by atoms with Gasteiger partial charge in [-0.1, -0.05) is 22.8 Å². The molecule has 1 saturated heterocycles. The third-order valence-electron chi connectivity index (χ3n) is 5.07. The molecule has 1 aromatic carbocycles. The number of ether oxygens (including phenoxy) is 2. The molecule has 0 radical (unpaired) electrons. The summed E-state index contributed by atoms with van der Waals surface area (Å²) in [6.07, 6.45) is -2.65. The molecule has 182 valence electrons. The Bertz CT molecular complexity index is 1170. The van der Waals surface area contributed by atoms with Crippen LogP contribution in [0.15, 0.2) is 28.8 Å². The minimum absolute atomic E-state index is 0.0127. The molecule has 0 bridgehead atoms. The van der Waals surface area contributed by atoms with Crippen molar-refractivity contribution in [3.8, 4) is 6.08 Å².